The number of aromatic amines is 1. The molecule has 0 aliphatic heterocycles. The monoisotopic (exact) mass is 252 g/mol. The Balaban J connectivity index is 2.38. The molecular weight excluding hydrogens is 236 g/mol. The molecule has 5 heteroatoms. The van der Waals surface area contributed by atoms with Crippen molar-refractivity contribution in [2.75, 3.05) is 5.73 Å². The summed E-state index contributed by atoms with van der Waals surface area (Å²) in [5.41, 5.74) is 7.97. The number of anilines is 1. The van der Waals surface area contributed by atoms with Crippen LogP contribution in [0.1, 0.15) is 19.5 Å². The Kier molecular flexibility index (Phi) is 2.87. The van der Waals surface area contributed by atoms with Gasteiger partial charge in [-0.1, -0.05) is 0 Å². The van der Waals surface area contributed by atoms with Gasteiger partial charge in [0.25, 0.3) is 0 Å². The average molecular weight is 252 g/mol. The Morgan fingerprint density at radius 2 is 2.00 bits per heavy atom. The van der Waals surface area contributed by atoms with Gasteiger partial charge in [0, 0.05) is 22.3 Å². The number of sulfone groups is 1. The largest absolute Gasteiger partial charge is 0.399 e. The normalized spacial score (nSPS) is 12.4. The molecular formula is C12H16N2O2S. The highest BCUT2D eigenvalue weighted by molar-refractivity contribution is 7.91. The van der Waals surface area contributed by atoms with E-state index in [0.29, 0.717) is 11.4 Å². The van der Waals surface area contributed by atoms with Crippen LogP contribution in [0.4, 0.5) is 5.69 Å². The van der Waals surface area contributed by atoms with Crippen LogP contribution in [0.2, 0.25) is 0 Å². The molecule has 0 aliphatic carbocycles. The summed E-state index contributed by atoms with van der Waals surface area (Å²) in [4.78, 5) is 3.10. The van der Waals surface area contributed by atoms with E-state index in [-0.39, 0.29) is 11.0 Å². The maximum atomic E-state index is 11.8. The van der Waals surface area contributed by atoms with Crippen molar-refractivity contribution in [3.8, 4) is 0 Å². The van der Waals surface area contributed by atoms with Crippen molar-refractivity contribution < 1.29 is 8.42 Å². The zero-order chi connectivity index (χ0) is 12.6. The van der Waals surface area contributed by atoms with Gasteiger partial charge in [-0.2, -0.15) is 0 Å². The second kappa shape index (κ2) is 4.07. The minimum Gasteiger partial charge on any atom is -0.399 e. The summed E-state index contributed by atoms with van der Waals surface area (Å²) >= 11 is 0. The number of aromatic nitrogens is 1. The van der Waals surface area contributed by atoms with Gasteiger partial charge in [0.2, 0.25) is 0 Å². The number of nitrogen functional groups attached to an aromatic ring is 1. The van der Waals surface area contributed by atoms with Crippen LogP contribution in [0.25, 0.3) is 10.9 Å². The number of nitrogens with two attached hydrogens (primary N) is 1. The third-order valence-electron chi connectivity index (χ3n) is 2.78. The van der Waals surface area contributed by atoms with Gasteiger partial charge >= 0.3 is 0 Å². The minimum absolute atomic E-state index is 0.0409. The molecule has 0 saturated carbocycles. The van der Waals surface area contributed by atoms with Crippen LogP contribution in [0.15, 0.2) is 24.3 Å². The van der Waals surface area contributed by atoms with Gasteiger partial charge in [-0.25, -0.2) is 8.42 Å². The van der Waals surface area contributed by atoms with E-state index >= 15 is 0 Å². The number of benzene rings is 1. The number of fused-ring (bicyclic) bond motifs is 1. The molecule has 0 radical (unpaired) electrons. The van der Waals surface area contributed by atoms with Gasteiger partial charge in [-0.3, -0.25) is 0 Å². The van der Waals surface area contributed by atoms with Gasteiger partial charge in [0.1, 0.15) is 0 Å². The molecule has 0 aliphatic rings. The van der Waals surface area contributed by atoms with E-state index < -0.39 is 9.84 Å². The summed E-state index contributed by atoms with van der Waals surface area (Å²) in [6, 6.07) is 7.32. The first kappa shape index (κ1) is 12.0. The molecule has 0 saturated heterocycles. The highest BCUT2D eigenvalue weighted by atomic mass is 32.2. The lowest BCUT2D eigenvalue weighted by atomic mass is 10.2. The standard InChI is InChI=1S/C12H16N2O2S/c1-8(2)17(15,16)7-11-6-9-5-10(13)3-4-12(9)14-11/h3-6,8,14H,7,13H2,1-2H3. The van der Waals surface area contributed by atoms with Crippen molar-refractivity contribution in [2.45, 2.75) is 24.9 Å². The maximum absolute atomic E-state index is 11.8. The molecule has 0 unspecified atom stereocenters. The van der Waals surface area contributed by atoms with Crippen LogP contribution in [-0.4, -0.2) is 18.7 Å². The zero-order valence-electron chi connectivity index (χ0n) is 9.90. The first-order valence-corrected chi connectivity index (χ1v) is 7.19. The van der Waals surface area contributed by atoms with Crippen LogP contribution in [0.3, 0.4) is 0 Å². The summed E-state index contributed by atoms with van der Waals surface area (Å²) in [6.07, 6.45) is 0. The molecule has 0 fully saturated rings. The van der Waals surface area contributed by atoms with E-state index in [1.54, 1.807) is 19.9 Å². The summed E-state index contributed by atoms with van der Waals surface area (Å²) < 4.78 is 23.6. The van der Waals surface area contributed by atoms with Crippen LogP contribution in [-0.2, 0) is 15.6 Å². The third kappa shape index (κ3) is 2.44. The Morgan fingerprint density at radius 1 is 1.29 bits per heavy atom. The van der Waals surface area contributed by atoms with Gasteiger partial charge in [0.05, 0.1) is 11.0 Å². The predicted molar refractivity (Wildman–Crippen MR) is 70.5 cm³/mol. The SMILES string of the molecule is CC(C)S(=O)(=O)Cc1cc2cc(N)ccc2[nH]1. The highest BCUT2D eigenvalue weighted by Crippen LogP contribution is 2.20. The first-order valence-electron chi connectivity index (χ1n) is 5.47. The fourth-order valence-electron chi connectivity index (χ4n) is 1.67. The van der Waals surface area contributed by atoms with Crippen molar-refractivity contribution in [3.05, 3.63) is 30.0 Å². The van der Waals surface area contributed by atoms with Gasteiger partial charge in [0.15, 0.2) is 9.84 Å². The minimum atomic E-state index is -3.07. The van der Waals surface area contributed by atoms with Crippen molar-refractivity contribution in [2.24, 2.45) is 0 Å². The molecule has 0 spiro atoms. The van der Waals surface area contributed by atoms with Crippen LogP contribution >= 0.6 is 0 Å². The van der Waals surface area contributed by atoms with E-state index in [4.69, 9.17) is 5.73 Å². The fraction of sp³-hybridized carbons (Fsp3) is 0.333. The van der Waals surface area contributed by atoms with Crippen molar-refractivity contribution in [1.82, 2.24) is 4.98 Å². The van der Waals surface area contributed by atoms with E-state index in [9.17, 15) is 8.42 Å². The zero-order valence-corrected chi connectivity index (χ0v) is 10.7. The highest BCUT2D eigenvalue weighted by Gasteiger charge is 2.17. The molecule has 4 nitrogen and oxygen atoms in total. The summed E-state index contributed by atoms with van der Waals surface area (Å²) in [6.45, 7) is 3.38. The second-order valence-corrected chi connectivity index (χ2v) is 7.05. The van der Waals surface area contributed by atoms with E-state index in [1.165, 1.54) is 0 Å². The maximum Gasteiger partial charge on any atom is 0.158 e. The van der Waals surface area contributed by atoms with Crippen LogP contribution in [0.5, 0.6) is 0 Å². The predicted octanol–water partition coefficient (Wildman–Crippen LogP) is 2.07. The average Bonchev–Trinajstić information content (AvgIpc) is 2.57. The van der Waals surface area contributed by atoms with Crippen molar-refractivity contribution in [1.29, 1.82) is 0 Å². The number of nitrogens with one attached hydrogen (secondary N) is 1. The summed E-state index contributed by atoms with van der Waals surface area (Å²) in [5, 5.41) is 0.581. The molecule has 2 aromatic rings. The molecule has 1 heterocycles. The molecule has 0 atom stereocenters. The molecule has 0 amide bonds. The Labute approximate surface area is 101 Å². The lowest BCUT2D eigenvalue weighted by molar-refractivity contribution is 0.586. The Morgan fingerprint density at radius 3 is 2.65 bits per heavy atom. The molecule has 1 aromatic heterocycles. The van der Waals surface area contributed by atoms with Gasteiger partial charge in [-0.15, -0.1) is 0 Å². The van der Waals surface area contributed by atoms with Crippen molar-refractivity contribution >= 4 is 26.4 Å². The lowest BCUT2D eigenvalue weighted by Crippen LogP contribution is -2.16. The number of hydrogen-bond donors (Lipinski definition) is 2. The van der Waals surface area contributed by atoms with Crippen molar-refractivity contribution in [3.63, 3.8) is 0 Å². The summed E-state index contributed by atoms with van der Waals surface area (Å²) in [5.74, 6) is 0.0409. The van der Waals surface area contributed by atoms with E-state index in [0.717, 1.165) is 10.9 Å². The number of rotatable bonds is 3. The number of H-pyrrole nitrogens is 1. The van der Waals surface area contributed by atoms with E-state index in [2.05, 4.69) is 4.98 Å². The summed E-state index contributed by atoms with van der Waals surface area (Å²) in [7, 11) is -3.07. The molecule has 92 valence electrons. The quantitative estimate of drug-likeness (QED) is 0.821. The molecule has 1 aromatic carbocycles. The van der Waals surface area contributed by atoms with E-state index in [1.807, 2.05) is 18.2 Å². The lowest BCUT2D eigenvalue weighted by Gasteiger charge is -2.05. The smallest absolute Gasteiger partial charge is 0.158 e. The second-order valence-electron chi connectivity index (χ2n) is 4.50. The molecule has 0 bridgehead atoms. The Bertz CT molecular complexity index is 642. The molecule has 3 N–H and O–H groups in total. The topological polar surface area (TPSA) is 75.9 Å². The first-order chi connectivity index (χ1) is 7.88. The van der Waals surface area contributed by atoms with Gasteiger partial charge < -0.3 is 10.7 Å². The third-order valence-corrected chi connectivity index (χ3v) is 4.93. The van der Waals surface area contributed by atoms with Crippen LogP contribution in [0, 0.1) is 0 Å². The molecule has 17 heavy (non-hydrogen) atoms. The Hall–Kier alpha value is -1.49. The number of hydrogen-bond acceptors (Lipinski definition) is 3. The van der Waals surface area contributed by atoms with Crippen LogP contribution < -0.4 is 5.73 Å². The van der Waals surface area contributed by atoms with Gasteiger partial charge in [-0.05, 0) is 38.1 Å². The fourth-order valence-corrected chi connectivity index (χ4v) is 2.59. The molecule has 2 rings (SSSR count).